The van der Waals surface area contributed by atoms with Crippen molar-refractivity contribution in [3.05, 3.63) is 29.8 Å². The van der Waals surface area contributed by atoms with Crippen molar-refractivity contribution in [3.8, 4) is 0 Å². The quantitative estimate of drug-likeness (QED) is 0.797. The summed E-state index contributed by atoms with van der Waals surface area (Å²) in [5, 5.41) is 3.52. The number of rotatable bonds is 2. The molecule has 5 rings (SSSR count). The number of thiocarbonyl (C=S) groups is 1. The van der Waals surface area contributed by atoms with Crippen LogP contribution in [0.4, 0.5) is 14.5 Å². The summed E-state index contributed by atoms with van der Waals surface area (Å²) in [6.45, 7) is 0. The van der Waals surface area contributed by atoms with Crippen LogP contribution in [0.15, 0.2) is 18.2 Å². The Morgan fingerprint density at radius 1 is 1.13 bits per heavy atom. The number of hydrogen-bond donors (Lipinski definition) is 1. The molecule has 0 atom stereocenters. The molecule has 1 aromatic carbocycles. The Kier molecular flexibility index (Phi) is 3.59. The lowest BCUT2D eigenvalue weighted by Gasteiger charge is -2.60. The molecule has 0 radical (unpaired) electrons. The van der Waals surface area contributed by atoms with Crippen LogP contribution in [0.3, 0.4) is 0 Å². The van der Waals surface area contributed by atoms with Gasteiger partial charge in [-0.15, -0.1) is 0 Å². The molecule has 0 unspecified atom stereocenters. The van der Waals surface area contributed by atoms with Crippen LogP contribution in [0.25, 0.3) is 0 Å². The molecule has 0 spiro atoms. The zero-order valence-electron chi connectivity index (χ0n) is 13.3. The third-order valence-electron chi connectivity index (χ3n) is 6.19. The van der Waals surface area contributed by atoms with Gasteiger partial charge in [-0.05, 0) is 80.6 Å². The molecule has 124 valence electrons. The van der Waals surface area contributed by atoms with Crippen molar-refractivity contribution in [1.29, 1.82) is 0 Å². The molecule has 4 fully saturated rings. The highest BCUT2D eigenvalue weighted by atomic mass is 32.1. The molecule has 2 nitrogen and oxygen atoms in total. The average molecular weight is 336 g/mol. The monoisotopic (exact) mass is 336 g/mol. The van der Waals surface area contributed by atoms with E-state index in [9.17, 15) is 8.78 Å². The number of anilines is 1. The van der Waals surface area contributed by atoms with E-state index in [0.717, 1.165) is 23.8 Å². The van der Waals surface area contributed by atoms with Crippen LogP contribution in [0, 0.1) is 29.4 Å². The fourth-order valence-electron chi connectivity index (χ4n) is 5.48. The van der Waals surface area contributed by atoms with Crippen LogP contribution >= 0.6 is 12.2 Å². The molecule has 4 aliphatic rings. The van der Waals surface area contributed by atoms with Gasteiger partial charge in [-0.25, -0.2) is 8.78 Å². The second kappa shape index (κ2) is 5.40. The molecule has 0 saturated heterocycles. The van der Waals surface area contributed by atoms with Crippen molar-refractivity contribution < 1.29 is 8.78 Å². The Morgan fingerprint density at radius 3 is 2.22 bits per heavy atom. The summed E-state index contributed by atoms with van der Waals surface area (Å²) in [7, 11) is 2.03. The Balaban J connectivity index is 1.52. The van der Waals surface area contributed by atoms with Gasteiger partial charge in [-0.1, -0.05) is 0 Å². The van der Waals surface area contributed by atoms with Crippen molar-refractivity contribution in [1.82, 2.24) is 4.90 Å². The minimum absolute atomic E-state index is 0.134. The molecule has 4 bridgehead atoms. The van der Waals surface area contributed by atoms with Crippen molar-refractivity contribution in [2.75, 3.05) is 12.4 Å². The molecule has 4 saturated carbocycles. The predicted octanol–water partition coefficient (Wildman–Crippen LogP) is 4.56. The standard InChI is InChI=1S/C18H22F2N2S/c1-22(17(23)21-16-3-2-14(19)7-15(16)20)18-8-11-4-12(9-18)6-13(5-11)10-18/h2-3,7,11-13H,4-6,8-10H2,1H3,(H,21,23). The van der Waals surface area contributed by atoms with E-state index in [2.05, 4.69) is 10.2 Å². The first-order valence-corrected chi connectivity index (χ1v) is 8.86. The summed E-state index contributed by atoms with van der Waals surface area (Å²) in [5.41, 5.74) is 0.378. The summed E-state index contributed by atoms with van der Waals surface area (Å²) in [4.78, 5) is 2.16. The van der Waals surface area contributed by atoms with E-state index in [1.807, 2.05) is 7.05 Å². The maximum atomic E-state index is 13.9. The molecule has 23 heavy (non-hydrogen) atoms. The number of nitrogens with one attached hydrogen (secondary N) is 1. The summed E-state index contributed by atoms with van der Waals surface area (Å²) >= 11 is 5.54. The van der Waals surface area contributed by atoms with Gasteiger partial charge in [0, 0.05) is 18.7 Å². The molecule has 5 heteroatoms. The molecule has 0 aromatic heterocycles. The summed E-state index contributed by atoms with van der Waals surface area (Å²) in [5.74, 6) is 1.30. The van der Waals surface area contributed by atoms with Gasteiger partial charge < -0.3 is 10.2 Å². The molecule has 4 aliphatic carbocycles. The van der Waals surface area contributed by atoms with Crippen molar-refractivity contribution in [3.63, 3.8) is 0 Å². The highest BCUT2D eigenvalue weighted by Gasteiger charge is 2.53. The van der Waals surface area contributed by atoms with Crippen molar-refractivity contribution in [2.24, 2.45) is 17.8 Å². The minimum atomic E-state index is -0.605. The lowest BCUT2D eigenvalue weighted by atomic mass is 9.52. The number of nitrogens with zero attached hydrogens (tertiary/aromatic N) is 1. The van der Waals surface area contributed by atoms with E-state index in [1.165, 1.54) is 50.7 Å². The highest BCUT2D eigenvalue weighted by Crippen LogP contribution is 2.57. The Bertz CT molecular complexity index is 611. The fraction of sp³-hybridized carbons (Fsp3) is 0.611. The van der Waals surface area contributed by atoms with E-state index < -0.39 is 11.6 Å². The Hall–Kier alpha value is -1.23. The fourth-order valence-corrected chi connectivity index (χ4v) is 5.78. The normalized spacial score (nSPS) is 34.5. The maximum Gasteiger partial charge on any atom is 0.173 e. The van der Waals surface area contributed by atoms with Crippen LogP contribution in [0.1, 0.15) is 38.5 Å². The molecule has 1 aromatic rings. The minimum Gasteiger partial charge on any atom is -0.346 e. The first-order chi connectivity index (χ1) is 10.9. The molecule has 0 amide bonds. The molecule has 1 N–H and O–H groups in total. The van der Waals surface area contributed by atoms with E-state index in [4.69, 9.17) is 12.2 Å². The number of benzene rings is 1. The van der Waals surface area contributed by atoms with Gasteiger partial charge in [-0.3, -0.25) is 0 Å². The zero-order chi connectivity index (χ0) is 16.2. The van der Waals surface area contributed by atoms with E-state index >= 15 is 0 Å². The molecular formula is C18H22F2N2S. The zero-order valence-corrected chi connectivity index (χ0v) is 14.1. The van der Waals surface area contributed by atoms with Crippen LogP contribution in [0.2, 0.25) is 0 Å². The molecular weight excluding hydrogens is 314 g/mol. The third-order valence-corrected chi connectivity index (χ3v) is 6.57. The summed E-state index contributed by atoms with van der Waals surface area (Å²) in [6.07, 6.45) is 7.72. The first-order valence-electron chi connectivity index (χ1n) is 8.45. The average Bonchev–Trinajstić information content (AvgIpc) is 2.48. The first kappa shape index (κ1) is 15.3. The lowest BCUT2D eigenvalue weighted by Crippen LogP contribution is -2.60. The smallest absolute Gasteiger partial charge is 0.173 e. The van der Waals surface area contributed by atoms with Gasteiger partial charge in [0.1, 0.15) is 11.6 Å². The summed E-state index contributed by atoms with van der Waals surface area (Å²) < 4.78 is 26.9. The van der Waals surface area contributed by atoms with Gasteiger partial charge in [0.15, 0.2) is 5.11 Å². The van der Waals surface area contributed by atoms with Crippen LogP contribution < -0.4 is 5.32 Å². The van der Waals surface area contributed by atoms with E-state index in [-0.39, 0.29) is 11.2 Å². The third kappa shape index (κ3) is 2.63. The Morgan fingerprint density at radius 2 is 1.70 bits per heavy atom. The molecule has 0 aliphatic heterocycles. The predicted molar refractivity (Wildman–Crippen MR) is 91.2 cm³/mol. The van der Waals surface area contributed by atoms with Gasteiger partial charge in [0.25, 0.3) is 0 Å². The second-order valence-electron chi connectivity index (χ2n) is 7.76. The Labute approximate surface area is 141 Å². The van der Waals surface area contributed by atoms with Gasteiger partial charge in [-0.2, -0.15) is 0 Å². The van der Waals surface area contributed by atoms with Crippen molar-refractivity contribution >= 4 is 23.0 Å². The van der Waals surface area contributed by atoms with Gasteiger partial charge in [0.2, 0.25) is 0 Å². The SMILES string of the molecule is CN(C(=S)Nc1ccc(F)cc1F)C12CC3CC(CC(C3)C1)C2. The largest absolute Gasteiger partial charge is 0.346 e. The number of halogens is 2. The highest BCUT2D eigenvalue weighted by molar-refractivity contribution is 7.80. The van der Waals surface area contributed by atoms with Gasteiger partial charge >= 0.3 is 0 Å². The maximum absolute atomic E-state index is 13.9. The number of hydrogen-bond acceptors (Lipinski definition) is 1. The lowest BCUT2D eigenvalue weighted by molar-refractivity contribution is -0.0538. The summed E-state index contributed by atoms with van der Waals surface area (Å²) in [6, 6.07) is 3.54. The second-order valence-corrected chi connectivity index (χ2v) is 8.14. The topological polar surface area (TPSA) is 15.3 Å². The van der Waals surface area contributed by atoms with Crippen LogP contribution in [-0.4, -0.2) is 22.6 Å². The van der Waals surface area contributed by atoms with Gasteiger partial charge in [0.05, 0.1) is 5.69 Å². The van der Waals surface area contributed by atoms with Crippen LogP contribution in [0.5, 0.6) is 0 Å². The molecule has 0 heterocycles. The van der Waals surface area contributed by atoms with Crippen LogP contribution in [-0.2, 0) is 0 Å². The van der Waals surface area contributed by atoms with Crippen molar-refractivity contribution in [2.45, 2.75) is 44.1 Å². The van der Waals surface area contributed by atoms with E-state index in [0.29, 0.717) is 5.11 Å². The van der Waals surface area contributed by atoms with E-state index in [1.54, 1.807) is 0 Å².